The first-order chi connectivity index (χ1) is 10.5. The second kappa shape index (κ2) is 5.36. The Morgan fingerprint density at radius 2 is 2.14 bits per heavy atom. The number of benzene rings is 1. The lowest BCUT2D eigenvalue weighted by Gasteiger charge is -2.12. The van der Waals surface area contributed by atoms with E-state index in [4.69, 9.17) is 0 Å². The average molecular weight is 298 g/mol. The van der Waals surface area contributed by atoms with Crippen molar-refractivity contribution < 1.29 is 15.0 Å². The zero-order valence-corrected chi connectivity index (χ0v) is 11.8. The van der Waals surface area contributed by atoms with Crippen LogP contribution in [0.25, 0.3) is 10.9 Å². The largest absolute Gasteiger partial charge is 0.508 e. The number of carbonyl (C=O) groups is 1. The fourth-order valence-corrected chi connectivity index (χ4v) is 2.31. The second-order valence-electron chi connectivity index (χ2n) is 4.94. The summed E-state index contributed by atoms with van der Waals surface area (Å²) in [5.74, 6) is -0.102. The molecule has 112 valence electrons. The van der Waals surface area contributed by atoms with E-state index < -0.39 is 0 Å². The zero-order valence-electron chi connectivity index (χ0n) is 11.8. The van der Waals surface area contributed by atoms with Gasteiger partial charge in [-0.15, -0.1) is 0 Å². The molecule has 3 rings (SSSR count). The first-order valence-corrected chi connectivity index (χ1v) is 6.62. The highest BCUT2D eigenvalue weighted by molar-refractivity contribution is 5.93. The number of rotatable bonds is 3. The summed E-state index contributed by atoms with van der Waals surface area (Å²) in [7, 11) is 0. The van der Waals surface area contributed by atoms with Gasteiger partial charge in [-0.1, -0.05) is 0 Å². The third-order valence-electron chi connectivity index (χ3n) is 3.18. The summed E-state index contributed by atoms with van der Waals surface area (Å²) < 4.78 is 1.84. The maximum absolute atomic E-state index is 11.2. The number of fused-ring (bicyclic) bond motifs is 1. The highest BCUT2D eigenvalue weighted by Gasteiger charge is 2.12. The summed E-state index contributed by atoms with van der Waals surface area (Å²) >= 11 is 0. The Morgan fingerprint density at radius 1 is 1.32 bits per heavy atom. The van der Waals surface area contributed by atoms with Crippen LogP contribution in [0.3, 0.4) is 0 Å². The van der Waals surface area contributed by atoms with Crippen LogP contribution in [0.1, 0.15) is 12.5 Å². The van der Waals surface area contributed by atoms with Crippen molar-refractivity contribution in [2.45, 2.75) is 13.5 Å². The van der Waals surface area contributed by atoms with Crippen molar-refractivity contribution in [3.05, 3.63) is 42.5 Å². The van der Waals surface area contributed by atoms with Crippen molar-refractivity contribution >= 4 is 22.6 Å². The summed E-state index contributed by atoms with van der Waals surface area (Å²) in [5, 5.41) is 22.9. The molecule has 0 aliphatic carbocycles. The molecule has 7 nitrogen and oxygen atoms in total. The van der Waals surface area contributed by atoms with E-state index in [1.54, 1.807) is 24.8 Å². The molecule has 3 N–H and O–H groups in total. The number of nitrogens with zero attached hydrogens (tertiary/aromatic N) is 3. The van der Waals surface area contributed by atoms with Crippen LogP contribution in [0.5, 0.6) is 11.5 Å². The van der Waals surface area contributed by atoms with Gasteiger partial charge in [-0.05, 0) is 17.7 Å². The van der Waals surface area contributed by atoms with Gasteiger partial charge in [-0.25, -0.2) is 9.97 Å². The molecule has 0 bridgehead atoms. The number of amides is 1. The highest BCUT2D eigenvalue weighted by atomic mass is 16.3. The van der Waals surface area contributed by atoms with Gasteiger partial charge < -0.3 is 20.1 Å². The van der Waals surface area contributed by atoms with E-state index >= 15 is 0 Å². The van der Waals surface area contributed by atoms with E-state index in [2.05, 4.69) is 15.3 Å². The molecule has 2 heterocycles. The Balaban J connectivity index is 2.19. The van der Waals surface area contributed by atoms with E-state index in [0.29, 0.717) is 23.3 Å². The molecule has 0 spiro atoms. The lowest BCUT2D eigenvalue weighted by molar-refractivity contribution is -0.114. The molecule has 1 amide bonds. The minimum absolute atomic E-state index is 0.0500. The Hall–Kier alpha value is -3.09. The molecule has 0 saturated carbocycles. The second-order valence-corrected chi connectivity index (χ2v) is 4.94. The van der Waals surface area contributed by atoms with E-state index in [0.717, 1.165) is 5.56 Å². The SMILES string of the molecule is CC(=O)Nc1cc(Cn2ccnc2)c2cc(O)cc(O)c2n1. The number of anilines is 1. The molecule has 0 saturated heterocycles. The smallest absolute Gasteiger partial charge is 0.222 e. The Labute approximate surface area is 125 Å². The van der Waals surface area contributed by atoms with Crippen LogP contribution in [-0.4, -0.2) is 30.7 Å². The number of aromatic hydroxyl groups is 2. The molecule has 0 aliphatic heterocycles. The summed E-state index contributed by atoms with van der Waals surface area (Å²) in [6.07, 6.45) is 5.12. The molecular formula is C15H14N4O3. The monoisotopic (exact) mass is 298 g/mol. The zero-order chi connectivity index (χ0) is 15.7. The molecule has 3 aromatic rings. The Bertz CT molecular complexity index is 844. The minimum Gasteiger partial charge on any atom is -0.508 e. The lowest BCUT2D eigenvalue weighted by atomic mass is 10.1. The van der Waals surface area contributed by atoms with Crippen molar-refractivity contribution in [1.82, 2.24) is 14.5 Å². The third kappa shape index (κ3) is 2.69. The quantitative estimate of drug-likeness (QED) is 0.685. The van der Waals surface area contributed by atoms with Crippen LogP contribution >= 0.6 is 0 Å². The molecule has 0 fully saturated rings. The summed E-state index contributed by atoms with van der Waals surface area (Å²) in [6, 6.07) is 4.46. The van der Waals surface area contributed by atoms with Crippen molar-refractivity contribution in [3.8, 4) is 11.5 Å². The fourth-order valence-electron chi connectivity index (χ4n) is 2.31. The lowest BCUT2D eigenvalue weighted by Crippen LogP contribution is -2.09. The standard InChI is InChI=1S/C15H14N4O3/c1-9(20)17-14-4-10(7-19-3-2-16-8-19)12-5-11(21)6-13(22)15(12)18-14/h2-6,8,21-22H,7H2,1H3,(H,17,18,20). The summed E-state index contributed by atoms with van der Waals surface area (Å²) in [5.41, 5.74) is 1.11. The predicted molar refractivity (Wildman–Crippen MR) is 80.7 cm³/mol. The van der Waals surface area contributed by atoms with Gasteiger partial charge in [0, 0.05) is 37.3 Å². The van der Waals surface area contributed by atoms with Crippen LogP contribution < -0.4 is 5.32 Å². The number of nitrogens with one attached hydrogen (secondary N) is 1. The van der Waals surface area contributed by atoms with E-state index in [-0.39, 0.29) is 17.4 Å². The topological polar surface area (TPSA) is 100 Å². The van der Waals surface area contributed by atoms with Gasteiger partial charge in [-0.2, -0.15) is 0 Å². The fraction of sp³-hybridized carbons (Fsp3) is 0.133. The number of phenolic OH excluding ortho intramolecular Hbond substituents is 2. The van der Waals surface area contributed by atoms with Crippen molar-refractivity contribution in [2.75, 3.05) is 5.32 Å². The van der Waals surface area contributed by atoms with Gasteiger partial charge in [0.05, 0.1) is 6.33 Å². The number of imidazole rings is 1. The maximum atomic E-state index is 11.2. The van der Waals surface area contributed by atoms with E-state index in [9.17, 15) is 15.0 Å². The van der Waals surface area contributed by atoms with Crippen LogP contribution in [0, 0.1) is 0 Å². The number of hydrogen-bond acceptors (Lipinski definition) is 5. The van der Waals surface area contributed by atoms with Gasteiger partial charge in [0.15, 0.2) is 0 Å². The molecule has 7 heteroatoms. The van der Waals surface area contributed by atoms with E-state index in [1.165, 1.54) is 19.1 Å². The number of pyridine rings is 1. The first-order valence-electron chi connectivity index (χ1n) is 6.62. The van der Waals surface area contributed by atoms with Gasteiger partial charge in [0.1, 0.15) is 22.8 Å². The molecule has 0 unspecified atom stereocenters. The molecule has 0 radical (unpaired) electrons. The van der Waals surface area contributed by atoms with Crippen molar-refractivity contribution in [3.63, 3.8) is 0 Å². The Kier molecular flexibility index (Phi) is 3.38. The van der Waals surface area contributed by atoms with Gasteiger partial charge in [0.2, 0.25) is 5.91 Å². The number of hydrogen-bond donors (Lipinski definition) is 3. The average Bonchev–Trinajstić information content (AvgIpc) is 2.92. The minimum atomic E-state index is -0.251. The van der Waals surface area contributed by atoms with Gasteiger partial charge in [-0.3, -0.25) is 4.79 Å². The first kappa shape index (κ1) is 13.9. The maximum Gasteiger partial charge on any atom is 0.222 e. The molecule has 22 heavy (non-hydrogen) atoms. The molecule has 0 aliphatic rings. The van der Waals surface area contributed by atoms with Crippen molar-refractivity contribution in [2.24, 2.45) is 0 Å². The van der Waals surface area contributed by atoms with Gasteiger partial charge in [0.25, 0.3) is 0 Å². The summed E-state index contributed by atoms with van der Waals surface area (Å²) in [4.78, 5) is 19.5. The van der Waals surface area contributed by atoms with Crippen molar-refractivity contribution in [1.29, 1.82) is 0 Å². The van der Waals surface area contributed by atoms with Gasteiger partial charge >= 0.3 is 0 Å². The van der Waals surface area contributed by atoms with Crippen LogP contribution in [-0.2, 0) is 11.3 Å². The number of aromatic nitrogens is 3. The van der Waals surface area contributed by atoms with Crippen LogP contribution in [0.15, 0.2) is 36.9 Å². The molecule has 2 aromatic heterocycles. The highest BCUT2D eigenvalue weighted by Crippen LogP contribution is 2.32. The molecule has 1 aromatic carbocycles. The number of carbonyl (C=O) groups excluding carboxylic acids is 1. The van der Waals surface area contributed by atoms with Crippen LogP contribution in [0.2, 0.25) is 0 Å². The summed E-state index contributed by atoms with van der Waals surface area (Å²) in [6.45, 7) is 1.85. The molecule has 0 atom stereocenters. The van der Waals surface area contributed by atoms with E-state index in [1.807, 2.05) is 4.57 Å². The number of phenols is 2. The molecular weight excluding hydrogens is 284 g/mol. The third-order valence-corrected chi connectivity index (χ3v) is 3.18. The normalized spacial score (nSPS) is 10.8. The predicted octanol–water partition coefficient (Wildman–Crippen LogP) is 1.85. The Morgan fingerprint density at radius 3 is 2.82 bits per heavy atom. The van der Waals surface area contributed by atoms with Crippen LogP contribution in [0.4, 0.5) is 5.82 Å².